The predicted molar refractivity (Wildman–Crippen MR) is 76.8 cm³/mol. The monoisotopic (exact) mass is 292 g/mol. The number of aliphatic carboxylic acids is 1. The molecular formula is C17H21FO3. The molecule has 3 rings (SSSR count). The summed E-state index contributed by atoms with van der Waals surface area (Å²) in [6.07, 6.45) is 3.90. The minimum Gasteiger partial charge on any atom is -0.481 e. The van der Waals surface area contributed by atoms with Crippen molar-refractivity contribution in [1.29, 1.82) is 0 Å². The molecule has 0 radical (unpaired) electrons. The molecule has 1 heterocycles. The fourth-order valence-corrected chi connectivity index (χ4v) is 4.18. The topological polar surface area (TPSA) is 46.5 Å². The molecule has 3 nitrogen and oxygen atoms in total. The van der Waals surface area contributed by atoms with E-state index >= 15 is 0 Å². The van der Waals surface area contributed by atoms with Crippen LogP contribution in [0.5, 0.6) is 0 Å². The summed E-state index contributed by atoms with van der Waals surface area (Å²) < 4.78 is 19.3. The van der Waals surface area contributed by atoms with E-state index < -0.39 is 11.4 Å². The Bertz CT molecular complexity index is 563. The highest BCUT2D eigenvalue weighted by Crippen LogP contribution is 2.56. The van der Waals surface area contributed by atoms with Gasteiger partial charge >= 0.3 is 5.97 Å². The van der Waals surface area contributed by atoms with Crippen molar-refractivity contribution in [2.24, 2.45) is 5.41 Å². The Labute approximate surface area is 124 Å². The molecule has 0 aromatic heterocycles. The van der Waals surface area contributed by atoms with Crippen LogP contribution in [0.1, 0.15) is 43.2 Å². The van der Waals surface area contributed by atoms with Gasteiger partial charge in [0.15, 0.2) is 0 Å². The van der Waals surface area contributed by atoms with Gasteiger partial charge in [-0.15, -0.1) is 0 Å². The van der Waals surface area contributed by atoms with Gasteiger partial charge in [-0.25, -0.2) is 4.39 Å². The van der Waals surface area contributed by atoms with Crippen LogP contribution < -0.4 is 0 Å². The van der Waals surface area contributed by atoms with Crippen molar-refractivity contribution in [1.82, 2.24) is 0 Å². The molecular weight excluding hydrogens is 271 g/mol. The third-order valence-electron chi connectivity index (χ3n) is 5.50. The lowest BCUT2D eigenvalue weighted by Crippen LogP contribution is -2.37. The van der Waals surface area contributed by atoms with Crippen LogP contribution in [0.2, 0.25) is 0 Å². The molecule has 1 saturated carbocycles. The summed E-state index contributed by atoms with van der Waals surface area (Å²) in [6, 6.07) is 4.80. The van der Waals surface area contributed by atoms with Crippen LogP contribution in [0.4, 0.5) is 4.39 Å². The van der Waals surface area contributed by atoms with E-state index in [0.717, 1.165) is 19.3 Å². The minimum atomic E-state index is -0.941. The van der Waals surface area contributed by atoms with Crippen molar-refractivity contribution in [3.05, 3.63) is 35.1 Å². The summed E-state index contributed by atoms with van der Waals surface area (Å²) in [5.74, 6) is -1.14. The number of hydrogen-bond acceptors (Lipinski definition) is 2. The van der Waals surface area contributed by atoms with E-state index in [-0.39, 0.29) is 11.2 Å². The van der Waals surface area contributed by atoms with Gasteiger partial charge in [-0.1, -0.05) is 12.1 Å². The number of hydrogen-bond donors (Lipinski definition) is 1. The number of benzene rings is 1. The van der Waals surface area contributed by atoms with E-state index in [1.807, 2.05) is 0 Å². The Hall–Kier alpha value is -1.42. The summed E-state index contributed by atoms with van der Waals surface area (Å²) in [6.45, 7) is 3.10. The van der Waals surface area contributed by atoms with Crippen molar-refractivity contribution >= 4 is 5.97 Å². The average molecular weight is 292 g/mol. The molecule has 114 valence electrons. The Morgan fingerprint density at radius 2 is 1.95 bits per heavy atom. The zero-order chi connectivity index (χ0) is 15.1. The molecule has 1 N–H and O–H groups in total. The van der Waals surface area contributed by atoms with Gasteiger partial charge in [-0.05, 0) is 61.6 Å². The minimum absolute atomic E-state index is 0.0510. The van der Waals surface area contributed by atoms with Crippen molar-refractivity contribution in [2.45, 2.75) is 44.4 Å². The van der Waals surface area contributed by atoms with Crippen LogP contribution in [0.3, 0.4) is 0 Å². The van der Waals surface area contributed by atoms with Crippen LogP contribution in [0, 0.1) is 18.2 Å². The van der Waals surface area contributed by atoms with E-state index in [9.17, 15) is 14.3 Å². The van der Waals surface area contributed by atoms with Crippen LogP contribution in [-0.2, 0) is 14.9 Å². The highest BCUT2D eigenvalue weighted by molar-refractivity contribution is 5.82. The number of carbonyl (C=O) groups is 1. The highest BCUT2D eigenvalue weighted by atomic mass is 19.1. The Balaban J connectivity index is 2.02. The zero-order valence-electron chi connectivity index (χ0n) is 12.3. The van der Waals surface area contributed by atoms with Gasteiger partial charge in [0.05, 0.1) is 5.41 Å². The molecule has 0 amide bonds. The van der Waals surface area contributed by atoms with Gasteiger partial charge in [-0.2, -0.15) is 0 Å². The Morgan fingerprint density at radius 3 is 2.62 bits per heavy atom. The first kappa shape index (κ1) is 14.5. The maximum Gasteiger partial charge on any atom is 0.314 e. The molecule has 0 bridgehead atoms. The first-order chi connectivity index (χ1) is 9.99. The van der Waals surface area contributed by atoms with Crippen molar-refractivity contribution in [2.75, 3.05) is 13.2 Å². The van der Waals surface area contributed by atoms with E-state index in [2.05, 4.69) is 0 Å². The molecule has 1 unspecified atom stereocenters. The summed E-state index contributed by atoms with van der Waals surface area (Å²) in [7, 11) is 0. The number of carboxylic acids is 1. The van der Waals surface area contributed by atoms with Crippen LogP contribution in [0.15, 0.2) is 18.2 Å². The molecule has 1 spiro atoms. The average Bonchev–Trinajstić information content (AvgIpc) is 2.83. The van der Waals surface area contributed by atoms with Gasteiger partial charge in [0, 0.05) is 13.2 Å². The highest BCUT2D eigenvalue weighted by Gasteiger charge is 2.54. The quantitative estimate of drug-likeness (QED) is 0.908. The lowest BCUT2D eigenvalue weighted by molar-refractivity contribution is -0.144. The predicted octanol–water partition coefficient (Wildman–Crippen LogP) is 3.44. The van der Waals surface area contributed by atoms with E-state index in [0.29, 0.717) is 37.2 Å². The molecule has 1 aliphatic heterocycles. The first-order valence-electron chi connectivity index (χ1n) is 7.56. The van der Waals surface area contributed by atoms with Crippen molar-refractivity contribution in [3.8, 4) is 0 Å². The second-order valence-electron chi connectivity index (χ2n) is 6.59. The first-order valence-corrected chi connectivity index (χ1v) is 7.56. The fourth-order valence-electron chi connectivity index (χ4n) is 4.18. The Kier molecular flexibility index (Phi) is 3.52. The van der Waals surface area contributed by atoms with E-state index in [1.54, 1.807) is 19.1 Å². The number of rotatable bonds is 2. The maximum absolute atomic E-state index is 13.9. The summed E-state index contributed by atoms with van der Waals surface area (Å²) in [4.78, 5) is 12.1. The van der Waals surface area contributed by atoms with Gasteiger partial charge in [-0.3, -0.25) is 4.79 Å². The third-order valence-corrected chi connectivity index (χ3v) is 5.50. The lowest BCUT2D eigenvalue weighted by Gasteiger charge is -2.35. The fraction of sp³-hybridized carbons (Fsp3) is 0.588. The molecule has 2 aliphatic rings. The van der Waals surface area contributed by atoms with E-state index in [4.69, 9.17) is 4.74 Å². The van der Waals surface area contributed by atoms with Crippen molar-refractivity contribution < 1.29 is 19.0 Å². The zero-order valence-corrected chi connectivity index (χ0v) is 12.3. The maximum atomic E-state index is 13.9. The third kappa shape index (κ3) is 2.26. The van der Waals surface area contributed by atoms with Crippen molar-refractivity contribution in [3.63, 3.8) is 0 Å². The molecule has 2 fully saturated rings. The Morgan fingerprint density at radius 1 is 1.24 bits per heavy atom. The lowest BCUT2D eigenvalue weighted by atomic mass is 9.71. The smallest absolute Gasteiger partial charge is 0.314 e. The number of carboxylic acid groups (broad SMARTS) is 1. The molecule has 4 heteroatoms. The van der Waals surface area contributed by atoms with Gasteiger partial charge in [0.2, 0.25) is 0 Å². The van der Waals surface area contributed by atoms with Crippen LogP contribution in [-0.4, -0.2) is 24.3 Å². The van der Waals surface area contributed by atoms with Gasteiger partial charge < -0.3 is 9.84 Å². The van der Waals surface area contributed by atoms with Crippen LogP contribution >= 0.6 is 0 Å². The SMILES string of the molecule is Cc1c(F)cccc1C1(C(=O)O)CCC2(CCOCC2)C1. The molecule has 1 atom stereocenters. The molecule has 21 heavy (non-hydrogen) atoms. The summed E-state index contributed by atoms with van der Waals surface area (Å²) in [5.41, 5.74) is 0.237. The molecule has 1 aromatic rings. The summed E-state index contributed by atoms with van der Waals surface area (Å²) >= 11 is 0. The second-order valence-corrected chi connectivity index (χ2v) is 6.59. The molecule has 1 aliphatic carbocycles. The van der Waals surface area contributed by atoms with E-state index in [1.165, 1.54) is 6.07 Å². The van der Waals surface area contributed by atoms with Crippen LogP contribution in [0.25, 0.3) is 0 Å². The number of halogens is 1. The molecule has 1 saturated heterocycles. The summed E-state index contributed by atoms with van der Waals surface area (Å²) in [5, 5.41) is 9.89. The van der Waals surface area contributed by atoms with Gasteiger partial charge in [0.25, 0.3) is 0 Å². The normalized spacial score (nSPS) is 27.9. The largest absolute Gasteiger partial charge is 0.481 e. The van der Waals surface area contributed by atoms with Gasteiger partial charge in [0.1, 0.15) is 5.82 Å². The molecule has 1 aromatic carbocycles. The number of ether oxygens (including phenoxy) is 1. The second kappa shape index (κ2) is 5.09. The standard InChI is InChI=1S/C17H21FO3/c1-12-13(3-2-4-14(12)18)17(15(19)20)6-5-16(11-17)7-9-21-10-8-16/h2-4H,5-11H2,1H3,(H,19,20).